The number of benzene rings is 1. The molecule has 3 heterocycles. The molecule has 1 amide bonds. The molecular weight excluding hydrogens is 356 g/mol. The Morgan fingerprint density at radius 1 is 1.29 bits per heavy atom. The number of fused-ring (bicyclic) bond motifs is 1. The van der Waals surface area contributed by atoms with Crippen LogP contribution < -0.4 is 10.9 Å². The van der Waals surface area contributed by atoms with Crippen molar-refractivity contribution in [1.29, 1.82) is 0 Å². The number of aromatic amines is 2. The van der Waals surface area contributed by atoms with Crippen LogP contribution in [0.15, 0.2) is 53.6 Å². The second-order valence-electron chi connectivity index (χ2n) is 6.69. The molecule has 1 aromatic carbocycles. The van der Waals surface area contributed by atoms with Crippen molar-refractivity contribution < 1.29 is 4.79 Å². The van der Waals surface area contributed by atoms with Gasteiger partial charge in [0.15, 0.2) is 0 Å². The van der Waals surface area contributed by atoms with Crippen molar-refractivity contribution in [1.82, 2.24) is 30.0 Å². The lowest BCUT2D eigenvalue weighted by molar-refractivity contribution is 0.0926. The van der Waals surface area contributed by atoms with Gasteiger partial charge in [-0.2, -0.15) is 5.10 Å². The van der Waals surface area contributed by atoms with Gasteiger partial charge in [0.05, 0.1) is 11.7 Å². The van der Waals surface area contributed by atoms with Gasteiger partial charge in [-0.25, -0.2) is 4.98 Å². The van der Waals surface area contributed by atoms with Crippen LogP contribution in [0.25, 0.3) is 10.9 Å². The number of para-hydroxylation sites is 1. The van der Waals surface area contributed by atoms with Gasteiger partial charge in [-0.05, 0) is 24.6 Å². The molecule has 0 fully saturated rings. The van der Waals surface area contributed by atoms with Crippen molar-refractivity contribution in [3.8, 4) is 0 Å². The lowest BCUT2D eigenvalue weighted by Crippen LogP contribution is -2.33. The normalized spacial score (nSPS) is 12.2. The van der Waals surface area contributed by atoms with Gasteiger partial charge < -0.3 is 15.3 Å². The highest BCUT2D eigenvalue weighted by atomic mass is 16.2. The van der Waals surface area contributed by atoms with Crippen molar-refractivity contribution in [3.63, 3.8) is 0 Å². The molecule has 1 unspecified atom stereocenters. The van der Waals surface area contributed by atoms with Gasteiger partial charge in [-0.3, -0.25) is 14.3 Å². The van der Waals surface area contributed by atoms with E-state index in [0.717, 1.165) is 16.5 Å². The molecule has 4 aromatic rings. The smallest absolute Gasteiger partial charge is 0.270 e. The van der Waals surface area contributed by atoms with E-state index in [1.54, 1.807) is 26.2 Å². The van der Waals surface area contributed by atoms with Crippen LogP contribution in [-0.2, 0) is 13.5 Å². The first-order chi connectivity index (χ1) is 13.5. The fraction of sp³-hybridized carbons (Fsp3) is 0.200. The molecular formula is C20H20N6O2. The number of aryl methyl sites for hydroxylation is 2. The predicted octanol–water partition coefficient (Wildman–Crippen LogP) is 2.01. The van der Waals surface area contributed by atoms with Gasteiger partial charge in [-0.15, -0.1) is 0 Å². The number of H-pyrrole nitrogens is 2. The second kappa shape index (κ2) is 7.15. The number of carbonyl (C=O) groups is 1. The zero-order chi connectivity index (χ0) is 19.7. The van der Waals surface area contributed by atoms with Gasteiger partial charge in [0.2, 0.25) is 0 Å². The van der Waals surface area contributed by atoms with E-state index < -0.39 is 6.04 Å². The fourth-order valence-corrected chi connectivity index (χ4v) is 3.36. The Morgan fingerprint density at radius 2 is 2.11 bits per heavy atom. The number of nitrogens with one attached hydrogen (secondary N) is 3. The van der Waals surface area contributed by atoms with Crippen molar-refractivity contribution in [2.24, 2.45) is 7.05 Å². The van der Waals surface area contributed by atoms with E-state index in [9.17, 15) is 9.59 Å². The van der Waals surface area contributed by atoms with Crippen molar-refractivity contribution >= 4 is 16.8 Å². The molecule has 4 rings (SSSR count). The van der Waals surface area contributed by atoms with E-state index in [2.05, 4.69) is 25.4 Å². The lowest BCUT2D eigenvalue weighted by atomic mass is 10.0. The van der Waals surface area contributed by atoms with Crippen molar-refractivity contribution in [2.75, 3.05) is 0 Å². The Balaban J connectivity index is 1.71. The molecule has 1 atom stereocenters. The SMILES string of the molecule is Cc1nc(C(Cc2c[nH]c3ccccc23)NC(=O)c2ccnn2C)cc(=O)[nH]1. The summed E-state index contributed by atoms with van der Waals surface area (Å²) in [6, 6.07) is 10.6. The van der Waals surface area contributed by atoms with Crippen LogP contribution in [-0.4, -0.2) is 30.6 Å². The van der Waals surface area contributed by atoms with Gasteiger partial charge in [0, 0.05) is 42.8 Å². The Morgan fingerprint density at radius 3 is 2.86 bits per heavy atom. The summed E-state index contributed by atoms with van der Waals surface area (Å²) in [6.07, 6.45) is 3.98. The third-order valence-electron chi connectivity index (χ3n) is 4.69. The maximum Gasteiger partial charge on any atom is 0.270 e. The van der Waals surface area contributed by atoms with Gasteiger partial charge in [-0.1, -0.05) is 18.2 Å². The summed E-state index contributed by atoms with van der Waals surface area (Å²) in [7, 11) is 1.71. The predicted molar refractivity (Wildman–Crippen MR) is 105 cm³/mol. The number of hydrogen-bond donors (Lipinski definition) is 3. The molecule has 0 aliphatic carbocycles. The van der Waals surface area contributed by atoms with E-state index in [-0.39, 0.29) is 11.5 Å². The first-order valence-electron chi connectivity index (χ1n) is 8.93. The number of aromatic nitrogens is 5. The molecule has 8 heteroatoms. The molecule has 0 aliphatic rings. The highest BCUT2D eigenvalue weighted by Gasteiger charge is 2.21. The molecule has 0 saturated heterocycles. The summed E-state index contributed by atoms with van der Waals surface area (Å²) in [5, 5.41) is 8.12. The molecule has 0 radical (unpaired) electrons. The van der Waals surface area contributed by atoms with Gasteiger partial charge in [0.25, 0.3) is 11.5 Å². The fourth-order valence-electron chi connectivity index (χ4n) is 3.36. The number of nitrogens with zero attached hydrogens (tertiary/aromatic N) is 3. The van der Waals surface area contributed by atoms with Gasteiger partial charge in [0.1, 0.15) is 11.5 Å². The maximum absolute atomic E-state index is 12.8. The standard InChI is InChI=1S/C20H20N6O2/c1-12-23-17(10-19(27)24-12)16(25-20(28)18-7-8-22-26(18)2)9-13-11-21-15-6-4-3-5-14(13)15/h3-8,10-11,16,21H,9H2,1-2H3,(H,25,28)(H,23,24,27). The van der Waals surface area contributed by atoms with Crippen LogP contribution >= 0.6 is 0 Å². The molecule has 3 N–H and O–H groups in total. The summed E-state index contributed by atoms with van der Waals surface area (Å²) in [4.78, 5) is 35.1. The zero-order valence-electron chi connectivity index (χ0n) is 15.6. The molecule has 28 heavy (non-hydrogen) atoms. The summed E-state index contributed by atoms with van der Waals surface area (Å²) < 4.78 is 1.51. The quantitative estimate of drug-likeness (QED) is 0.495. The maximum atomic E-state index is 12.8. The Bertz CT molecular complexity index is 1200. The molecule has 8 nitrogen and oxygen atoms in total. The molecule has 0 aliphatic heterocycles. The Kier molecular flexibility index (Phi) is 4.52. The van der Waals surface area contributed by atoms with Crippen molar-refractivity contribution in [3.05, 3.63) is 81.9 Å². The second-order valence-corrected chi connectivity index (χ2v) is 6.69. The molecule has 3 aromatic heterocycles. The van der Waals surface area contributed by atoms with Crippen LogP contribution in [0.1, 0.15) is 33.6 Å². The Hall–Kier alpha value is -3.68. The largest absolute Gasteiger partial charge is 0.361 e. The zero-order valence-corrected chi connectivity index (χ0v) is 15.6. The number of amides is 1. The molecule has 142 valence electrons. The summed E-state index contributed by atoms with van der Waals surface area (Å²) >= 11 is 0. The van der Waals surface area contributed by atoms with Crippen LogP contribution in [0.3, 0.4) is 0 Å². The first kappa shape index (κ1) is 17.7. The van der Waals surface area contributed by atoms with E-state index >= 15 is 0 Å². The minimum Gasteiger partial charge on any atom is -0.361 e. The Labute approximate surface area is 160 Å². The van der Waals surface area contributed by atoms with E-state index in [4.69, 9.17) is 0 Å². The van der Waals surface area contributed by atoms with Crippen LogP contribution in [0, 0.1) is 6.92 Å². The number of carbonyl (C=O) groups excluding carboxylic acids is 1. The van der Waals surface area contributed by atoms with Crippen LogP contribution in [0.4, 0.5) is 0 Å². The van der Waals surface area contributed by atoms with E-state index in [0.29, 0.717) is 23.6 Å². The van der Waals surface area contributed by atoms with E-state index in [1.807, 2.05) is 30.5 Å². The minimum atomic E-state index is -0.470. The lowest BCUT2D eigenvalue weighted by Gasteiger charge is -2.18. The third-order valence-corrected chi connectivity index (χ3v) is 4.69. The number of hydrogen-bond acceptors (Lipinski definition) is 4. The molecule has 0 spiro atoms. The number of rotatable bonds is 5. The summed E-state index contributed by atoms with van der Waals surface area (Å²) in [6.45, 7) is 1.72. The molecule has 0 saturated carbocycles. The van der Waals surface area contributed by atoms with Gasteiger partial charge >= 0.3 is 0 Å². The summed E-state index contributed by atoms with van der Waals surface area (Å²) in [5.74, 6) is 0.228. The first-order valence-corrected chi connectivity index (χ1v) is 8.93. The van der Waals surface area contributed by atoms with Crippen LogP contribution in [0.5, 0.6) is 0 Å². The van der Waals surface area contributed by atoms with Crippen molar-refractivity contribution in [2.45, 2.75) is 19.4 Å². The van der Waals surface area contributed by atoms with E-state index in [1.165, 1.54) is 10.7 Å². The average Bonchev–Trinajstić information content (AvgIpc) is 3.27. The average molecular weight is 376 g/mol. The minimum absolute atomic E-state index is 0.249. The topological polar surface area (TPSA) is 108 Å². The summed E-state index contributed by atoms with van der Waals surface area (Å²) in [5.41, 5.74) is 2.75. The highest BCUT2D eigenvalue weighted by molar-refractivity contribution is 5.92. The third kappa shape index (κ3) is 3.44. The molecule has 0 bridgehead atoms. The highest BCUT2D eigenvalue weighted by Crippen LogP contribution is 2.23. The van der Waals surface area contributed by atoms with Crippen LogP contribution in [0.2, 0.25) is 0 Å². The monoisotopic (exact) mass is 376 g/mol.